The molecule has 4 aliphatic carbocycles. The van der Waals surface area contributed by atoms with Crippen LogP contribution in [0.15, 0.2) is 11.6 Å². The molecule has 0 radical (unpaired) electrons. The standard InChI is InChI=1S/C21H26O4/c1-20-7-6-12(22)8-11(20)2-3-13-14-4-5-15-16(23)10-24-19-21(14,15)9-17(25-19)18(13)20/h8,13-15,17-19H,2-7,9-10H2,1H3/t13-,14-,15+,17-,18?,19?,20-,21?/m0/s1. The Morgan fingerprint density at radius 1 is 1.16 bits per heavy atom. The lowest BCUT2D eigenvalue weighted by Crippen LogP contribution is -2.57. The molecule has 1 spiro atoms. The Morgan fingerprint density at radius 2 is 2.04 bits per heavy atom. The molecule has 4 heteroatoms. The first-order chi connectivity index (χ1) is 12.0. The van der Waals surface area contributed by atoms with Crippen LogP contribution in [0.2, 0.25) is 0 Å². The molecular weight excluding hydrogens is 316 g/mol. The summed E-state index contributed by atoms with van der Waals surface area (Å²) in [6.07, 6.45) is 8.99. The number of ether oxygens (including phenoxy) is 2. The Morgan fingerprint density at radius 3 is 2.92 bits per heavy atom. The summed E-state index contributed by atoms with van der Waals surface area (Å²) >= 11 is 0. The van der Waals surface area contributed by atoms with Crippen LogP contribution in [-0.2, 0) is 19.1 Å². The molecule has 0 amide bonds. The van der Waals surface area contributed by atoms with E-state index in [4.69, 9.17) is 9.47 Å². The van der Waals surface area contributed by atoms with Gasteiger partial charge in [0, 0.05) is 17.8 Å². The van der Waals surface area contributed by atoms with Gasteiger partial charge >= 0.3 is 0 Å². The molecule has 2 bridgehead atoms. The van der Waals surface area contributed by atoms with Gasteiger partial charge in [-0.3, -0.25) is 9.59 Å². The molecule has 5 fully saturated rings. The van der Waals surface area contributed by atoms with E-state index < -0.39 is 0 Å². The Bertz CT molecular complexity index is 711. The predicted octanol–water partition coefficient (Wildman–Crippen LogP) is 3.05. The number of allylic oxidation sites excluding steroid dienone is 1. The minimum Gasteiger partial charge on any atom is -0.348 e. The number of rotatable bonds is 0. The summed E-state index contributed by atoms with van der Waals surface area (Å²) in [4.78, 5) is 24.5. The van der Waals surface area contributed by atoms with Crippen LogP contribution in [-0.4, -0.2) is 30.6 Å². The summed E-state index contributed by atoms with van der Waals surface area (Å²) in [5.41, 5.74) is 1.42. The number of hydrogen-bond acceptors (Lipinski definition) is 4. The molecule has 2 heterocycles. The van der Waals surface area contributed by atoms with Crippen molar-refractivity contribution in [1.29, 1.82) is 0 Å². The lowest BCUT2D eigenvalue weighted by molar-refractivity contribution is -0.210. The zero-order valence-electron chi connectivity index (χ0n) is 14.8. The number of Topliss-reactive ketones (excluding diaryl/α,β-unsaturated/α-hetero) is 1. The SMILES string of the molecule is C[C@]12CCC(=O)C=C1CC[C@@H]1C2[C@@H]2CC34C(OCC(=O)[C@H]3CC[C@@H]14)O2. The molecule has 4 nitrogen and oxygen atoms in total. The molecule has 8 atom stereocenters. The average Bonchev–Trinajstić information content (AvgIpc) is 3.13. The van der Waals surface area contributed by atoms with Crippen molar-refractivity contribution in [2.24, 2.45) is 34.5 Å². The Hall–Kier alpha value is -1.00. The quantitative estimate of drug-likeness (QED) is 0.679. The highest BCUT2D eigenvalue weighted by Gasteiger charge is 2.73. The molecule has 2 saturated heterocycles. The van der Waals surface area contributed by atoms with Gasteiger partial charge in [0.25, 0.3) is 0 Å². The van der Waals surface area contributed by atoms with E-state index in [1.807, 2.05) is 6.08 Å². The Balaban J connectivity index is 1.47. The van der Waals surface area contributed by atoms with E-state index in [1.165, 1.54) is 5.57 Å². The second-order valence-electron chi connectivity index (χ2n) is 9.62. The van der Waals surface area contributed by atoms with Crippen LogP contribution in [0.5, 0.6) is 0 Å². The summed E-state index contributed by atoms with van der Waals surface area (Å²) in [5.74, 6) is 2.45. The third-order valence-electron chi connectivity index (χ3n) is 8.98. The van der Waals surface area contributed by atoms with Crippen LogP contribution in [0.25, 0.3) is 0 Å². The highest BCUT2D eigenvalue weighted by molar-refractivity contribution is 5.91. The summed E-state index contributed by atoms with van der Waals surface area (Å²) in [7, 11) is 0. The van der Waals surface area contributed by atoms with Crippen molar-refractivity contribution in [2.45, 2.75) is 64.3 Å². The van der Waals surface area contributed by atoms with Gasteiger partial charge in [0.1, 0.15) is 6.61 Å². The minimum atomic E-state index is -0.167. The highest BCUT2D eigenvalue weighted by Crippen LogP contribution is 2.72. The fraction of sp³-hybridized carbons (Fsp3) is 0.810. The van der Waals surface area contributed by atoms with Crippen molar-refractivity contribution in [3.05, 3.63) is 11.6 Å². The second kappa shape index (κ2) is 4.64. The molecule has 3 unspecified atom stereocenters. The second-order valence-corrected chi connectivity index (χ2v) is 9.62. The van der Waals surface area contributed by atoms with Crippen molar-refractivity contribution < 1.29 is 19.1 Å². The Labute approximate surface area is 148 Å². The molecular formula is C21H26O4. The van der Waals surface area contributed by atoms with Gasteiger partial charge in [0.15, 0.2) is 17.9 Å². The molecule has 6 rings (SSSR count). The number of carbonyl (C=O) groups is 2. The van der Waals surface area contributed by atoms with E-state index >= 15 is 0 Å². The van der Waals surface area contributed by atoms with Gasteiger partial charge < -0.3 is 9.47 Å². The van der Waals surface area contributed by atoms with E-state index in [9.17, 15) is 9.59 Å². The maximum absolute atomic E-state index is 12.5. The van der Waals surface area contributed by atoms with Crippen molar-refractivity contribution in [2.75, 3.05) is 6.61 Å². The molecule has 6 aliphatic rings. The predicted molar refractivity (Wildman–Crippen MR) is 89.5 cm³/mol. The largest absolute Gasteiger partial charge is 0.348 e. The van der Waals surface area contributed by atoms with E-state index in [0.717, 1.165) is 38.5 Å². The first-order valence-electron chi connectivity index (χ1n) is 10.1. The van der Waals surface area contributed by atoms with Gasteiger partial charge in [-0.1, -0.05) is 12.5 Å². The van der Waals surface area contributed by atoms with Crippen LogP contribution >= 0.6 is 0 Å². The van der Waals surface area contributed by atoms with Crippen molar-refractivity contribution in [3.8, 4) is 0 Å². The monoisotopic (exact) mass is 342 g/mol. The summed E-state index contributed by atoms with van der Waals surface area (Å²) in [6.45, 7) is 2.62. The van der Waals surface area contributed by atoms with Gasteiger partial charge in [-0.25, -0.2) is 0 Å². The lowest BCUT2D eigenvalue weighted by Gasteiger charge is -2.57. The van der Waals surface area contributed by atoms with E-state index in [1.54, 1.807) is 0 Å². The molecule has 2 aliphatic heterocycles. The van der Waals surface area contributed by atoms with Gasteiger partial charge in [-0.15, -0.1) is 0 Å². The Kier molecular flexibility index (Phi) is 2.80. The van der Waals surface area contributed by atoms with E-state index in [-0.39, 0.29) is 35.7 Å². The van der Waals surface area contributed by atoms with Gasteiger partial charge in [-0.2, -0.15) is 0 Å². The van der Waals surface area contributed by atoms with Crippen LogP contribution in [0.1, 0.15) is 51.9 Å². The molecule has 0 N–H and O–H groups in total. The van der Waals surface area contributed by atoms with Crippen molar-refractivity contribution in [3.63, 3.8) is 0 Å². The topological polar surface area (TPSA) is 52.6 Å². The normalized spacial score (nSPS) is 56.1. The zero-order chi connectivity index (χ0) is 17.0. The number of ketones is 2. The van der Waals surface area contributed by atoms with Crippen LogP contribution in [0.4, 0.5) is 0 Å². The fourth-order valence-corrected chi connectivity index (χ4v) is 8.12. The summed E-state index contributed by atoms with van der Waals surface area (Å²) in [5, 5.41) is 0. The average molecular weight is 342 g/mol. The minimum absolute atomic E-state index is 0.0385. The first kappa shape index (κ1) is 15.1. The third-order valence-corrected chi connectivity index (χ3v) is 8.98. The summed E-state index contributed by atoms with van der Waals surface area (Å²) < 4.78 is 12.5. The molecule has 0 aromatic heterocycles. The van der Waals surface area contributed by atoms with Gasteiger partial charge in [0.2, 0.25) is 0 Å². The lowest BCUT2D eigenvalue weighted by atomic mass is 9.46. The van der Waals surface area contributed by atoms with Gasteiger partial charge in [-0.05, 0) is 67.8 Å². The van der Waals surface area contributed by atoms with E-state index in [0.29, 0.717) is 35.7 Å². The third kappa shape index (κ3) is 1.63. The number of fused-ring (bicyclic) bond motifs is 6. The molecule has 3 saturated carbocycles. The maximum atomic E-state index is 12.5. The van der Waals surface area contributed by atoms with Crippen LogP contribution in [0, 0.1) is 34.5 Å². The maximum Gasteiger partial charge on any atom is 0.165 e. The number of hydrogen-bond donors (Lipinski definition) is 0. The molecule has 134 valence electrons. The smallest absolute Gasteiger partial charge is 0.165 e. The molecule has 25 heavy (non-hydrogen) atoms. The zero-order valence-corrected chi connectivity index (χ0v) is 14.8. The van der Waals surface area contributed by atoms with E-state index in [2.05, 4.69) is 6.92 Å². The van der Waals surface area contributed by atoms with Gasteiger partial charge in [0.05, 0.1) is 6.10 Å². The first-order valence-corrected chi connectivity index (χ1v) is 10.1. The van der Waals surface area contributed by atoms with Crippen LogP contribution < -0.4 is 0 Å². The highest BCUT2D eigenvalue weighted by atomic mass is 16.7. The van der Waals surface area contributed by atoms with Crippen molar-refractivity contribution >= 4 is 11.6 Å². The van der Waals surface area contributed by atoms with Crippen LogP contribution in [0.3, 0.4) is 0 Å². The van der Waals surface area contributed by atoms with Crippen molar-refractivity contribution in [1.82, 2.24) is 0 Å². The molecule has 0 aromatic rings. The summed E-state index contributed by atoms with van der Waals surface area (Å²) in [6, 6.07) is 0. The fourth-order valence-electron chi connectivity index (χ4n) is 8.12. The number of carbonyl (C=O) groups excluding carboxylic acids is 2. The molecule has 0 aromatic carbocycles.